The highest BCUT2D eigenvalue weighted by atomic mass is 32.2. The number of hydrogen-bond donors (Lipinski definition) is 1. The summed E-state index contributed by atoms with van der Waals surface area (Å²) < 4.78 is 2.25. The largest absolute Gasteiger partial charge is 0.481 e. The van der Waals surface area contributed by atoms with Gasteiger partial charge in [0.15, 0.2) is 0 Å². The SMILES string of the molecule is O=C(O)CCCCN1C(=O)/C(=C\c2cnn(-c3ccccc3)c2)SC1=S. The third-order valence-corrected chi connectivity index (χ3v) is 5.19. The summed E-state index contributed by atoms with van der Waals surface area (Å²) in [5.74, 6) is -0.964. The van der Waals surface area contributed by atoms with Gasteiger partial charge < -0.3 is 5.11 Å². The van der Waals surface area contributed by atoms with Crippen LogP contribution in [0.15, 0.2) is 47.6 Å². The Morgan fingerprint density at radius 2 is 2.04 bits per heavy atom. The van der Waals surface area contributed by atoms with E-state index in [0.29, 0.717) is 28.6 Å². The lowest BCUT2D eigenvalue weighted by molar-refractivity contribution is -0.137. The van der Waals surface area contributed by atoms with E-state index in [1.54, 1.807) is 17.0 Å². The van der Waals surface area contributed by atoms with Crippen LogP contribution in [0.5, 0.6) is 0 Å². The Bertz CT molecular complexity index is 862. The number of unbranched alkanes of at least 4 members (excludes halogenated alkanes) is 1. The van der Waals surface area contributed by atoms with Gasteiger partial charge in [-0.25, -0.2) is 4.68 Å². The molecule has 1 N–H and O–H groups in total. The van der Waals surface area contributed by atoms with Crippen LogP contribution in [-0.4, -0.2) is 42.5 Å². The zero-order valence-corrected chi connectivity index (χ0v) is 15.5. The zero-order valence-electron chi connectivity index (χ0n) is 13.9. The van der Waals surface area contributed by atoms with Crippen molar-refractivity contribution in [3.63, 3.8) is 0 Å². The Kier molecular flexibility index (Phi) is 5.85. The van der Waals surface area contributed by atoms with Gasteiger partial charge in [0.25, 0.3) is 5.91 Å². The number of benzene rings is 1. The van der Waals surface area contributed by atoms with Crippen molar-refractivity contribution >= 4 is 46.3 Å². The van der Waals surface area contributed by atoms with Gasteiger partial charge in [-0.05, 0) is 31.1 Å². The summed E-state index contributed by atoms with van der Waals surface area (Å²) in [7, 11) is 0. The van der Waals surface area contributed by atoms with Crippen LogP contribution in [0.4, 0.5) is 0 Å². The van der Waals surface area contributed by atoms with Crippen molar-refractivity contribution < 1.29 is 14.7 Å². The minimum atomic E-state index is -0.828. The van der Waals surface area contributed by atoms with Crippen LogP contribution in [0, 0.1) is 0 Å². The second-order valence-electron chi connectivity index (χ2n) is 5.74. The van der Waals surface area contributed by atoms with E-state index in [-0.39, 0.29) is 12.3 Å². The smallest absolute Gasteiger partial charge is 0.303 e. The molecule has 1 aliphatic rings. The Hall–Kier alpha value is -2.45. The fourth-order valence-electron chi connectivity index (χ4n) is 2.52. The third kappa shape index (κ3) is 4.39. The molecule has 0 aliphatic carbocycles. The maximum Gasteiger partial charge on any atom is 0.303 e. The number of thioether (sulfide) groups is 1. The first-order valence-corrected chi connectivity index (χ1v) is 9.34. The van der Waals surface area contributed by atoms with E-state index in [2.05, 4.69) is 5.10 Å². The quantitative estimate of drug-likeness (QED) is 0.446. The first-order chi connectivity index (χ1) is 12.5. The van der Waals surface area contributed by atoms with Crippen molar-refractivity contribution in [2.75, 3.05) is 6.54 Å². The molecule has 1 aromatic heterocycles. The molecule has 0 radical (unpaired) electrons. The summed E-state index contributed by atoms with van der Waals surface area (Å²) in [6.45, 7) is 0.443. The first kappa shape index (κ1) is 18.3. The van der Waals surface area contributed by atoms with Gasteiger partial charge in [0.05, 0.1) is 16.8 Å². The van der Waals surface area contributed by atoms with Crippen molar-refractivity contribution in [3.8, 4) is 5.69 Å². The van der Waals surface area contributed by atoms with Crippen LogP contribution in [0.25, 0.3) is 11.8 Å². The number of thiocarbonyl (C=S) groups is 1. The van der Waals surface area contributed by atoms with Gasteiger partial charge in [0, 0.05) is 24.7 Å². The number of aromatic nitrogens is 2. The highest BCUT2D eigenvalue weighted by molar-refractivity contribution is 8.26. The summed E-state index contributed by atoms with van der Waals surface area (Å²) in [6.07, 6.45) is 6.57. The van der Waals surface area contributed by atoms with Gasteiger partial charge in [0.1, 0.15) is 4.32 Å². The molecular formula is C18H17N3O3S2. The second kappa shape index (κ2) is 8.29. The molecule has 0 spiro atoms. The molecule has 3 rings (SSSR count). The Morgan fingerprint density at radius 3 is 2.77 bits per heavy atom. The molecule has 2 aromatic rings. The minimum Gasteiger partial charge on any atom is -0.481 e. The maximum absolute atomic E-state index is 12.5. The summed E-state index contributed by atoms with van der Waals surface area (Å²) in [6, 6.07) is 9.72. The van der Waals surface area contributed by atoms with Crippen molar-refractivity contribution in [2.24, 2.45) is 0 Å². The van der Waals surface area contributed by atoms with E-state index in [0.717, 1.165) is 11.3 Å². The van der Waals surface area contributed by atoms with Crippen molar-refractivity contribution in [1.29, 1.82) is 0 Å². The minimum absolute atomic E-state index is 0.100. The third-order valence-electron chi connectivity index (χ3n) is 3.82. The molecule has 0 atom stereocenters. The fraction of sp³-hybridized carbons (Fsp3) is 0.222. The van der Waals surface area contributed by atoms with Gasteiger partial charge in [0.2, 0.25) is 0 Å². The normalized spacial score (nSPS) is 15.8. The number of hydrogen-bond acceptors (Lipinski definition) is 5. The van der Waals surface area contributed by atoms with Crippen LogP contribution >= 0.6 is 24.0 Å². The van der Waals surface area contributed by atoms with E-state index in [9.17, 15) is 9.59 Å². The van der Waals surface area contributed by atoms with Gasteiger partial charge in [-0.15, -0.1) is 0 Å². The van der Waals surface area contributed by atoms with E-state index in [4.69, 9.17) is 17.3 Å². The van der Waals surface area contributed by atoms with Gasteiger partial charge >= 0.3 is 5.97 Å². The molecule has 0 saturated carbocycles. The number of carbonyl (C=O) groups excluding carboxylic acids is 1. The molecule has 1 amide bonds. The number of rotatable bonds is 7. The number of nitrogens with zero attached hydrogens (tertiary/aromatic N) is 3. The van der Waals surface area contributed by atoms with Crippen molar-refractivity contribution in [3.05, 3.63) is 53.2 Å². The van der Waals surface area contributed by atoms with Crippen LogP contribution in [0.1, 0.15) is 24.8 Å². The monoisotopic (exact) mass is 387 g/mol. The number of aliphatic carboxylic acids is 1. The molecule has 0 unspecified atom stereocenters. The maximum atomic E-state index is 12.5. The Morgan fingerprint density at radius 1 is 1.27 bits per heavy atom. The molecule has 1 saturated heterocycles. The lowest BCUT2D eigenvalue weighted by Gasteiger charge is -2.13. The molecule has 134 valence electrons. The summed E-state index contributed by atoms with van der Waals surface area (Å²) >= 11 is 6.55. The number of amides is 1. The van der Waals surface area contributed by atoms with Crippen LogP contribution in [0.3, 0.4) is 0 Å². The number of para-hydroxylation sites is 1. The van der Waals surface area contributed by atoms with E-state index >= 15 is 0 Å². The predicted molar refractivity (Wildman–Crippen MR) is 105 cm³/mol. The van der Waals surface area contributed by atoms with Gasteiger partial charge in [-0.2, -0.15) is 5.10 Å². The molecule has 1 fully saturated rings. The molecule has 1 aromatic carbocycles. The lowest BCUT2D eigenvalue weighted by Crippen LogP contribution is -2.29. The molecular weight excluding hydrogens is 370 g/mol. The van der Waals surface area contributed by atoms with Crippen LogP contribution < -0.4 is 0 Å². The second-order valence-corrected chi connectivity index (χ2v) is 7.41. The van der Waals surface area contributed by atoms with Crippen molar-refractivity contribution in [1.82, 2.24) is 14.7 Å². The van der Waals surface area contributed by atoms with Crippen molar-refractivity contribution in [2.45, 2.75) is 19.3 Å². The summed E-state index contributed by atoms with van der Waals surface area (Å²) in [5.41, 5.74) is 1.76. The Balaban J connectivity index is 1.66. The van der Waals surface area contributed by atoms with Gasteiger partial charge in [-0.1, -0.05) is 42.2 Å². The topological polar surface area (TPSA) is 75.4 Å². The van der Waals surface area contributed by atoms with Crippen LogP contribution in [0.2, 0.25) is 0 Å². The average Bonchev–Trinajstić information content (AvgIpc) is 3.19. The molecule has 6 nitrogen and oxygen atoms in total. The standard InChI is InChI=1S/C18H17N3O3S2/c22-16(23)8-4-5-9-20-17(24)15(26-18(20)25)10-13-11-19-21(12-13)14-6-2-1-3-7-14/h1-3,6-7,10-12H,4-5,8-9H2,(H,22,23)/b15-10+. The molecule has 8 heteroatoms. The van der Waals surface area contributed by atoms with E-state index < -0.39 is 5.97 Å². The summed E-state index contributed by atoms with van der Waals surface area (Å²) in [4.78, 5) is 25.2. The number of carboxylic acids is 1. The number of carboxylic acid groups (broad SMARTS) is 1. The first-order valence-electron chi connectivity index (χ1n) is 8.12. The highest BCUT2D eigenvalue weighted by Crippen LogP contribution is 2.32. The summed E-state index contributed by atoms with van der Waals surface area (Å²) in [5, 5.41) is 13.0. The predicted octanol–water partition coefficient (Wildman–Crippen LogP) is 3.33. The lowest BCUT2D eigenvalue weighted by atomic mass is 10.2. The fourth-order valence-corrected chi connectivity index (χ4v) is 3.83. The van der Waals surface area contributed by atoms with E-state index in [1.807, 2.05) is 36.5 Å². The molecule has 2 heterocycles. The highest BCUT2D eigenvalue weighted by Gasteiger charge is 2.31. The average molecular weight is 387 g/mol. The van der Waals surface area contributed by atoms with Gasteiger partial charge in [-0.3, -0.25) is 14.5 Å². The molecule has 1 aliphatic heterocycles. The zero-order chi connectivity index (χ0) is 18.5. The molecule has 0 bridgehead atoms. The van der Waals surface area contributed by atoms with E-state index in [1.165, 1.54) is 16.7 Å². The molecule has 26 heavy (non-hydrogen) atoms. The van der Waals surface area contributed by atoms with Crippen LogP contribution in [-0.2, 0) is 9.59 Å². The number of carbonyl (C=O) groups is 2. The Labute approximate surface area is 160 Å².